The van der Waals surface area contributed by atoms with Crippen molar-refractivity contribution in [3.05, 3.63) is 23.0 Å². The summed E-state index contributed by atoms with van der Waals surface area (Å²) in [7, 11) is 0. The Labute approximate surface area is 108 Å². The minimum atomic E-state index is -0.155. The maximum absolute atomic E-state index is 12.1. The number of carbonyl (C=O) groups excluding carboxylic acids is 1. The van der Waals surface area contributed by atoms with Gasteiger partial charge in [0.1, 0.15) is 0 Å². The number of amides is 1. The van der Waals surface area contributed by atoms with Crippen molar-refractivity contribution in [2.45, 2.75) is 40.2 Å². The SMILES string of the molecule is CCc1nnc(C)cc1C(=O)NC(C)C(C)CO. The normalized spacial score (nSPS) is 14.1. The molecule has 1 aromatic heterocycles. The Balaban J connectivity index is 2.87. The number of nitrogens with zero attached hydrogens (tertiary/aromatic N) is 2. The summed E-state index contributed by atoms with van der Waals surface area (Å²) >= 11 is 0. The number of rotatable bonds is 5. The van der Waals surface area contributed by atoms with Crippen molar-refractivity contribution in [2.24, 2.45) is 5.92 Å². The molecule has 2 N–H and O–H groups in total. The van der Waals surface area contributed by atoms with E-state index in [2.05, 4.69) is 15.5 Å². The number of nitrogens with one attached hydrogen (secondary N) is 1. The third kappa shape index (κ3) is 3.50. The molecule has 0 spiro atoms. The van der Waals surface area contributed by atoms with Gasteiger partial charge in [-0.1, -0.05) is 13.8 Å². The number of hydrogen-bond acceptors (Lipinski definition) is 4. The minimum Gasteiger partial charge on any atom is -0.396 e. The van der Waals surface area contributed by atoms with Gasteiger partial charge in [-0.05, 0) is 32.3 Å². The van der Waals surface area contributed by atoms with Crippen LogP contribution < -0.4 is 5.32 Å². The highest BCUT2D eigenvalue weighted by molar-refractivity contribution is 5.95. The van der Waals surface area contributed by atoms with E-state index in [1.165, 1.54) is 0 Å². The third-order valence-corrected chi connectivity index (χ3v) is 3.07. The van der Waals surface area contributed by atoms with E-state index in [1.807, 2.05) is 27.7 Å². The van der Waals surface area contributed by atoms with Crippen LogP contribution in [0, 0.1) is 12.8 Å². The van der Waals surface area contributed by atoms with Gasteiger partial charge in [-0.25, -0.2) is 0 Å². The summed E-state index contributed by atoms with van der Waals surface area (Å²) in [6, 6.07) is 1.66. The van der Waals surface area contributed by atoms with Crippen LogP contribution in [0.5, 0.6) is 0 Å². The molecule has 18 heavy (non-hydrogen) atoms. The van der Waals surface area contributed by atoms with Crippen molar-refractivity contribution in [3.8, 4) is 0 Å². The molecule has 0 saturated carbocycles. The van der Waals surface area contributed by atoms with Gasteiger partial charge in [0, 0.05) is 12.6 Å². The monoisotopic (exact) mass is 251 g/mol. The lowest BCUT2D eigenvalue weighted by Gasteiger charge is -2.19. The van der Waals surface area contributed by atoms with Gasteiger partial charge in [-0.3, -0.25) is 4.79 Å². The Morgan fingerprint density at radius 1 is 1.44 bits per heavy atom. The Hall–Kier alpha value is -1.49. The Morgan fingerprint density at radius 3 is 2.67 bits per heavy atom. The molecule has 0 fully saturated rings. The highest BCUT2D eigenvalue weighted by Gasteiger charge is 2.18. The number of hydrogen-bond donors (Lipinski definition) is 2. The van der Waals surface area contributed by atoms with Crippen LogP contribution >= 0.6 is 0 Å². The maximum atomic E-state index is 12.1. The molecule has 2 atom stereocenters. The summed E-state index contributed by atoms with van der Waals surface area (Å²) < 4.78 is 0. The molecule has 1 heterocycles. The van der Waals surface area contributed by atoms with Crippen LogP contribution in [0.4, 0.5) is 0 Å². The van der Waals surface area contributed by atoms with Gasteiger partial charge in [0.25, 0.3) is 5.91 Å². The zero-order valence-electron chi connectivity index (χ0n) is 11.4. The second kappa shape index (κ2) is 6.44. The fraction of sp³-hybridized carbons (Fsp3) is 0.615. The quantitative estimate of drug-likeness (QED) is 0.821. The van der Waals surface area contributed by atoms with E-state index in [0.29, 0.717) is 17.7 Å². The smallest absolute Gasteiger partial charge is 0.253 e. The molecule has 1 rings (SSSR count). The molecular formula is C13H21N3O2. The van der Waals surface area contributed by atoms with Crippen LogP contribution in [0.3, 0.4) is 0 Å². The van der Waals surface area contributed by atoms with Gasteiger partial charge in [0.2, 0.25) is 0 Å². The zero-order valence-corrected chi connectivity index (χ0v) is 11.4. The highest BCUT2D eigenvalue weighted by Crippen LogP contribution is 2.09. The molecule has 5 heteroatoms. The first-order chi connectivity index (χ1) is 8.49. The molecule has 0 bridgehead atoms. The van der Waals surface area contributed by atoms with Gasteiger partial charge < -0.3 is 10.4 Å². The van der Waals surface area contributed by atoms with Gasteiger partial charge in [0.05, 0.1) is 17.0 Å². The summed E-state index contributed by atoms with van der Waals surface area (Å²) in [5, 5.41) is 19.9. The lowest BCUT2D eigenvalue weighted by molar-refractivity contribution is 0.0914. The molecule has 2 unspecified atom stereocenters. The van der Waals surface area contributed by atoms with E-state index >= 15 is 0 Å². The summed E-state index contributed by atoms with van der Waals surface area (Å²) in [5.41, 5.74) is 1.99. The summed E-state index contributed by atoms with van der Waals surface area (Å²) in [4.78, 5) is 12.1. The average molecular weight is 251 g/mol. The Morgan fingerprint density at radius 2 is 2.11 bits per heavy atom. The standard InChI is InChI=1S/C13H21N3O2/c1-5-12-11(6-9(3)15-16-12)13(18)14-10(4)8(2)7-17/h6,8,10,17H,5,7H2,1-4H3,(H,14,18). The van der Waals surface area contributed by atoms with Crippen molar-refractivity contribution >= 4 is 5.91 Å². The van der Waals surface area contributed by atoms with E-state index in [0.717, 1.165) is 5.69 Å². The second-order valence-corrected chi connectivity index (χ2v) is 4.62. The Bertz CT molecular complexity index is 421. The van der Waals surface area contributed by atoms with Crippen LogP contribution in [-0.4, -0.2) is 33.9 Å². The van der Waals surface area contributed by atoms with Gasteiger partial charge in [-0.15, -0.1) is 0 Å². The fourth-order valence-electron chi connectivity index (χ4n) is 1.56. The van der Waals surface area contributed by atoms with Crippen LogP contribution in [0.25, 0.3) is 0 Å². The number of carbonyl (C=O) groups is 1. The molecule has 0 radical (unpaired) electrons. The summed E-state index contributed by atoms with van der Waals surface area (Å²) in [6.45, 7) is 7.57. The van der Waals surface area contributed by atoms with Crippen molar-refractivity contribution in [1.82, 2.24) is 15.5 Å². The third-order valence-electron chi connectivity index (χ3n) is 3.07. The molecule has 1 amide bonds. The van der Waals surface area contributed by atoms with Crippen LogP contribution in [0.15, 0.2) is 6.07 Å². The minimum absolute atomic E-state index is 0.0231. The van der Waals surface area contributed by atoms with Crippen molar-refractivity contribution in [1.29, 1.82) is 0 Å². The lowest BCUT2D eigenvalue weighted by atomic mass is 10.0. The van der Waals surface area contributed by atoms with Crippen molar-refractivity contribution in [2.75, 3.05) is 6.61 Å². The van der Waals surface area contributed by atoms with Crippen LogP contribution in [0.2, 0.25) is 0 Å². The maximum Gasteiger partial charge on any atom is 0.253 e. The first-order valence-electron chi connectivity index (χ1n) is 6.24. The molecule has 5 nitrogen and oxygen atoms in total. The number of aliphatic hydroxyl groups excluding tert-OH is 1. The van der Waals surface area contributed by atoms with Crippen molar-refractivity contribution in [3.63, 3.8) is 0 Å². The molecule has 0 aromatic carbocycles. The first kappa shape index (κ1) is 14.6. The van der Waals surface area contributed by atoms with E-state index in [1.54, 1.807) is 6.07 Å². The number of aryl methyl sites for hydroxylation is 2. The van der Waals surface area contributed by atoms with Gasteiger partial charge in [-0.2, -0.15) is 10.2 Å². The second-order valence-electron chi connectivity index (χ2n) is 4.62. The number of aromatic nitrogens is 2. The predicted molar refractivity (Wildman–Crippen MR) is 69.3 cm³/mol. The zero-order chi connectivity index (χ0) is 13.7. The molecular weight excluding hydrogens is 230 g/mol. The summed E-state index contributed by atoms with van der Waals surface area (Å²) in [6.07, 6.45) is 0.667. The van der Waals surface area contributed by atoms with Crippen LogP contribution in [-0.2, 0) is 6.42 Å². The fourth-order valence-corrected chi connectivity index (χ4v) is 1.56. The topological polar surface area (TPSA) is 75.1 Å². The molecule has 0 aliphatic carbocycles. The van der Waals surface area contributed by atoms with Crippen LogP contribution in [0.1, 0.15) is 42.5 Å². The van der Waals surface area contributed by atoms with Crippen molar-refractivity contribution < 1.29 is 9.90 Å². The summed E-state index contributed by atoms with van der Waals surface area (Å²) in [5.74, 6) is -0.132. The Kier molecular flexibility index (Phi) is 5.22. The van der Waals surface area contributed by atoms with Gasteiger partial charge in [0.15, 0.2) is 0 Å². The molecule has 100 valence electrons. The molecule has 0 aliphatic heterocycles. The van der Waals surface area contributed by atoms with Gasteiger partial charge >= 0.3 is 0 Å². The van der Waals surface area contributed by atoms with E-state index in [-0.39, 0.29) is 24.5 Å². The van der Waals surface area contributed by atoms with E-state index in [9.17, 15) is 4.79 Å². The van der Waals surface area contributed by atoms with E-state index in [4.69, 9.17) is 5.11 Å². The number of aliphatic hydroxyl groups is 1. The highest BCUT2D eigenvalue weighted by atomic mass is 16.3. The molecule has 0 aliphatic rings. The first-order valence-corrected chi connectivity index (χ1v) is 6.24. The van der Waals surface area contributed by atoms with E-state index < -0.39 is 0 Å². The largest absolute Gasteiger partial charge is 0.396 e. The lowest BCUT2D eigenvalue weighted by Crippen LogP contribution is -2.38. The average Bonchev–Trinajstić information content (AvgIpc) is 2.37. The molecule has 0 saturated heterocycles. The molecule has 1 aromatic rings. The predicted octanol–water partition coefficient (Wildman–Crippen LogP) is 1.09.